The fourth-order valence-electron chi connectivity index (χ4n) is 2.80. The van der Waals surface area contributed by atoms with Gasteiger partial charge in [-0.25, -0.2) is 4.39 Å². The minimum absolute atomic E-state index is 0.275. The Hall–Kier alpha value is -2.92. The molecule has 25 heavy (non-hydrogen) atoms. The van der Waals surface area contributed by atoms with Gasteiger partial charge in [0.2, 0.25) is 11.2 Å². The molecule has 0 saturated heterocycles. The number of pyridine rings is 1. The smallest absolute Gasteiger partial charge is 0.228 e. The van der Waals surface area contributed by atoms with Gasteiger partial charge in [-0.2, -0.15) is 9.83 Å². The first-order chi connectivity index (χ1) is 12.1. The molecule has 0 atom stereocenters. The molecule has 2 aromatic carbocycles. The van der Waals surface area contributed by atoms with Crippen LogP contribution in [0.15, 0.2) is 67.0 Å². The third kappa shape index (κ3) is 2.94. The van der Waals surface area contributed by atoms with Gasteiger partial charge in [-0.1, -0.05) is 35.9 Å². The molecule has 2 heterocycles. The summed E-state index contributed by atoms with van der Waals surface area (Å²) in [5.41, 5.74) is 2.54. The van der Waals surface area contributed by atoms with Gasteiger partial charge in [0.1, 0.15) is 5.82 Å². The van der Waals surface area contributed by atoms with Gasteiger partial charge >= 0.3 is 0 Å². The molecule has 0 aliphatic rings. The molecule has 0 unspecified atom stereocenters. The summed E-state index contributed by atoms with van der Waals surface area (Å²) < 4.78 is 15.6. The number of hydrogen-bond acceptors (Lipinski definition) is 2. The molecule has 4 aromatic rings. The van der Waals surface area contributed by atoms with Crippen molar-refractivity contribution in [1.29, 1.82) is 0 Å². The Morgan fingerprint density at radius 2 is 1.88 bits per heavy atom. The van der Waals surface area contributed by atoms with Crippen LogP contribution in [0, 0.1) is 11.0 Å². The molecule has 4 rings (SSSR count). The second kappa shape index (κ2) is 6.18. The van der Waals surface area contributed by atoms with Gasteiger partial charge in [0.15, 0.2) is 0 Å². The Morgan fingerprint density at radius 3 is 2.68 bits per heavy atom. The first-order valence-electron chi connectivity index (χ1n) is 7.70. The van der Waals surface area contributed by atoms with E-state index >= 15 is 0 Å². The highest BCUT2D eigenvalue weighted by Gasteiger charge is 2.17. The number of halogens is 2. The largest absolute Gasteiger partial charge is 0.618 e. The SMILES string of the molecule is [O-][n+]1c(-c2cnn(Cc3ccc(F)cc3)c2)cc(Cl)c2ccccc21. The molecule has 4 nitrogen and oxygen atoms in total. The van der Waals surface area contributed by atoms with E-state index in [2.05, 4.69) is 5.10 Å². The van der Waals surface area contributed by atoms with Crippen molar-refractivity contribution in [3.05, 3.63) is 88.6 Å². The van der Waals surface area contributed by atoms with E-state index in [0.29, 0.717) is 33.7 Å². The first kappa shape index (κ1) is 15.6. The quantitative estimate of drug-likeness (QED) is 0.410. The number of nitrogens with zero attached hydrogens (tertiary/aromatic N) is 3. The molecule has 0 saturated carbocycles. The van der Waals surface area contributed by atoms with Gasteiger partial charge in [0, 0.05) is 18.3 Å². The van der Waals surface area contributed by atoms with E-state index in [9.17, 15) is 9.60 Å². The summed E-state index contributed by atoms with van der Waals surface area (Å²) in [5.74, 6) is -0.275. The van der Waals surface area contributed by atoms with Gasteiger partial charge in [0.05, 0.1) is 28.7 Å². The minimum Gasteiger partial charge on any atom is -0.618 e. The van der Waals surface area contributed by atoms with Crippen molar-refractivity contribution in [3.8, 4) is 11.3 Å². The average molecular weight is 354 g/mol. The van der Waals surface area contributed by atoms with Crippen LogP contribution in [0.2, 0.25) is 5.02 Å². The van der Waals surface area contributed by atoms with Crippen molar-refractivity contribution in [2.75, 3.05) is 0 Å². The Morgan fingerprint density at radius 1 is 1.12 bits per heavy atom. The molecule has 0 fully saturated rings. The van der Waals surface area contributed by atoms with E-state index in [1.807, 2.05) is 12.1 Å². The minimum atomic E-state index is -0.275. The Bertz CT molecular complexity index is 1060. The van der Waals surface area contributed by atoms with Crippen LogP contribution in [0.5, 0.6) is 0 Å². The zero-order chi connectivity index (χ0) is 17.4. The molecule has 6 heteroatoms. The molecule has 0 aliphatic heterocycles. The highest BCUT2D eigenvalue weighted by Crippen LogP contribution is 2.26. The third-order valence-electron chi connectivity index (χ3n) is 4.05. The zero-order valence-corrected chi connectivity index (χ0v) is 13.8. The van der Waals surface area contributed by atoms with Crippen LogP contribution in [0.3, 0.4) is 0 Å². The highest BCUT2D eigenvalue weighted by atomic mass is 35.5. The number of aromatic nitrogens is 3. The van der Waals surface area contributed by atoms with Crippen molar-refractivity contribution in [3.63, 3.8) is 0 Å². The molecule has 0 bridgehead atoms. The normalized spacial score (nSPS) is 11.1. The third-order valence-corrected chi connectivity index (χ3v) is 4.36. The summed E-state index contributed by atoms with van der Waals surface area (Å²) in [6.07, 6.45) is 3.40. The van der Waals surface area contributed by atoms with E-state index in [0.717, 1.165) is 10.3 Å². The zero-order valence-electron chi connectivity index (χ0n) is 13.1. The molecule has 0 N–H and O–H groups in total. The summed E-state index contributed by atoms with van der Waals surface area (Å²) in [7, 11) is 0. The lowest BCUT2D eigenvalue weighted by Gasteiger charge is -2.07. The fourth-order valence-corrected chi connectivity index (χ4v) is 3.06. The van der Waals surface area contributed by atoms with Crippen LogP contribution < -0.4 is 4.73 Å². The molecule has 0 aliphatic carbocycles. The Labute approximate surface area is 148 Å². The first-order valence-corrected chi connectivity index (χ1v) is 8.08. The predicted molar refractivity (Wildman–Crippen MR) is 94.6 cm³/mol. The maximum absolute atomic E-state index is 13.0. The summed E-state index contributed by atoms with van der Waals surface area (Å²) in [5, 5.41) is 18.2. The van der Waals surface area contributed by atoms with Gasteiger partial charge in [-0.15, -0.1) is 0 Å². The lowest BCUT2D eigenvalue weighted by Crippen LogP contribution is -2.30. The summed E-state index contributed by atoms with van der Waals surface area (Å²) in [4.78, 5) is 0. The summed E-state index contributed by atoms with van der Waals surface area (Å²) in [6, 6.07) is 15.1. The molecule has 0 amide bonds. The van der Waals surface area contributed by atoms with Gasteiger partial charge in [-0.3, -0.25) is 4.68 Å². The number of para-hydroxylation sites is 1. The molecule has 2 aromatic heterocycles. The fraction of sp³-hybridized carbons (Fsp3) is 0.0526. The average Bonchev–Trinajstić information content (AvgIpc) is 3.08. The van der Waals surface area contributed by atoms with Gasteiger partial charge in [-0.05, 0) is 23.8 Å². The number of fused-ring (bicyclic) bond motifs is 1. The van der Waals surface area contributed by atoms with Crippen LogP contribution in [0.4, 0.5) is 4.39 Å². The maximum Gasteiger partial charge on any atom is 0.228 e. The van der Waals surface area contributed by atoms with Crippen LogP contribution >= 0.6 is 11.6 Å². The van der Waals surface area contributed by atoms with E-state index in [1.165, 1.54) is 12.1 Å². The standard InChI is InChI=1S/C19H13ClFN3O/c20-17-9-19(24(25)18-4-2-1-3-16(17)18)14-10-22-23(12-14)11-13-5-7-15(21)8-6-13/h1-10,12H,11H2. The second-order valence-corrected chi connectivity index (χ2v) is 6.15. The van der Waals surface area contributed by atoms with Crippen molar-refractivity contribution >= 4 is 22.5 Å². The summed E-state index contributed by atoms with van der Waals surface area (Å²) >= 11 is 6.32. The number of benzene rings is 2. The van der Waals surface area contributed by atoms with Gasteiger partial charge in [0.25, 0.3) is 0 Å². The molecule has 124 valence electrons. The van der Waals surface area contributed by atoms with Crippen LogP contribution in [-0.4, -0.2) is 9.78 Å². The van der Waals surface area contributed by atoms with Crippen molar-refractivity contribution in [2.24, 2.45) is 0 Å². The maximum atomic E-state index is 13.0. The van der Waals surface area contributed by atoms with Crippen molar-refractivity contribution in [2.45, 2.75) is 6.54 Å². The van der Waals surface area contributed by atoms with E-state index in [-0.39, 0.29) is 5.82 Å². The number of hydrogen-bond donors (Lipinski definition) is 0. The lowest BCUT2D eigenvalue weighted by atomic mass is 10.1. The topological polar surface area (TPSA) is 44.8 Å². The highest BCUT2D eigenvalue weighted by molar-refractivity contribution is 6.35. The lowest BCUT2D eigenvalue weighted by molar-refractivity contribution is -0.565. The van der Waals surface area contributed by atoms with E-state index < -0.39 is 0 Å². The van der Waals surface area contributed by atoms with Crippen molar-refractivity contribution < 1.29 is 9.12 Å². The predicted octanol–water partition coefficient (Wildman–Crippen LogP) is 4.18. The van der Waals surface area contributed by atoms with Crippen LogP contribution in [0.25, 0.3) is 22.2 Å². The monoisotopic (exact) mass is 353 g/mol. The van der Waals surface area contributed by atoms with Crippen LogP contribution in [0.1, 0.15) is 5.56 Å². The molecule has 0 spiro atoms. The van der Waals surface area contributed by atoms with Crippen LogP contribution in [-0.2, 0) is 6.54 Å². The number of rotatable bonds is 3. The molecular weight excluding hydrogens is 341 g/mol. The van der Waals surface area contributed by atoms with Gasteiger partial charge < -0.3 is 5.21 Å². The Kier molecular flexibility index (Phi) is 3.86. The van der Waals surface area contributed by atoms with E-state index in [1.54, 1.807) is 47.4 Å². The van der Waals surface area contributed by atoms with Crippen molar-refractivity contribution in [1.82, 2.24) is 9.78 Å². The summed E-state index contributed by atoms with van der Waals surface area (Å²) in [6.45, 7) is 0.487. The molecular formula is C19H13ClFN3O. The Balaban J connectivity index is 1.71. The van der Waals surface area contributed by atoms with E-state index in [4.69, 9.17) is 11.6 Å². The second-order valence-electron chi connectivity index (χ2n) is 5.74. The molecule has 0 radical (unpaired) electrons.